The highest BCUT2D eigenvalue weighted by atomic mass is 32.2. The quantitative estimate of drug-likeness (QED) is 0.802. The molecule has 8 heteroatoms. The van der Waals surface area contributed by atoms with Gasteiger partial charge in [0.25, 0.3) is 5.91 Å². The third-order valence-corrected chi connectivity index (χ3v) is 7.98. The number of hydrogen-bond donors (Lipinski definition) is 2. The monoisotopic (exact) mass is 415 g/mol. The van der Waals surface area contributed by atoms with Gasteiger partial charge < -0.3 is 10.6 Å². The Bertz CT molecular complexity index is 1020. The van der Waals surface area contributed by atoms with Crippen LogP contribution in [0.4, 0.5) is 5.69 Å². The van der Waals surface area contributed by atoms with Gasteiger partial charge in [-0.25, -0.2) is 8.42 Å². The Labute approximate surface area is 168 Å². The van der Waals surface area contributed by atoms with E-state index in [0.717, 1.165) is 11.3 Å². The van der Waals surface area contributed by atoms with E-state index in [-0.39, 0.29) is 34.7 Å². The molecule has 1 amide bonds. The third kappa shape index (κ3) is 4.23. The fraction of sp³-hybridized carbons (Fsp3) is 0.300. The van der Waals surface area contributed by atoms with Crippen LogP contribution in [0, 0.1) is 0 Å². The number of fused-ring (bicyclic) bond motifs is 1. The second-order valence-corrected chi connectivity index (χ2v) is 10.4. The second-order valence-electron chi connectivity index (χ2n) is 7.05. The van der Waals surface area contributed by atoms with Crippen molar-refractivity contribution >= 4 is 38.4 Å². The van der Waals surface area contributed by atoms with Gasteiger partial charge in [0.15, 0.2) is 15.0 Å². The van der Waals surface area contributed by atoms with Crippen molar-refractivity contribution < 1.29 is 13.2 Å². The molecule has 28 heavy (non-hydrogen) atoms. The molecular formula is C20H21N3O3S2. The summed E-state index contributed by atoms with van der Waals surface area (Å²) in [6, 6.07) is 16.8. The Kier molecular flexibility index (Phi) is 5.16. The van der Waals surface area contributed by atoms with Gasteiger partial charge in [0, 0.05) is 16.5 Å². The van der Waals surface area contributed by atoms with E-state index in [9.17, 15) is 13.2 Å². The number of carbonyl (C=O) groups excluding carboxylic acids is 1. The van der Waals surface area contributed by atoms with E-state index in [4.69, 9.17) is 0 Å². The normalized spacial score (nSPS) is 23.5. The molecule has 146 valence electrons. The molecular weight excluding hydrogens is 394 g/mol. The topological polar surface area (TPSA) is 87.6 Å². The van der Waals surface area contributed by atoms with Crippen molar-refractivity contribution in [3.63, 3.8) is 0 Å². The molecule has 0 saturated carbocycles. The fourth-order valence-corrected chi connectivity index (χ4v) is 7.06. The predicted octanol–water partition coefficient (Wildman–Crippen LogP) is 2.86. The maximum atomic E-state index is 12.6. The van der Waals surface area contributed by atoms with Crippen molar-refractivity contribution in [1.29, 1.82) is 0 Å². The molecule has 0 unspecified atom stereocenters. The second kappa shape index (κ2) is 7.60. The van der Waals surface area contributed by atoms with Crippen LogP contribution >= 0.6 is 11.8 Å². The number of sulfone groups is 1. The number of benzene rings is 2. The lowest BCUT2D eigenvalue weighted by Gasteiger charge is -2.15. The van der Waals surface area contributed by atoms with E-state index in [1.807, 2.05) is 49.4 Å². The summed E-state index contributed by atoms with van der Waals surface area (Å²) in [5.41, 5.74) is 2.36. The number of nitrogens with one attached hydrogen (secondary N) is 2. The first-order valence-corrected chi connectivity index (χ1v) is 11.8. The molecule has 0 spiro atoms. The largest absolute Gasteiger partial charge is 0.346 e. The zero-order chi connectivity index (χ0) is 19.7. The summed E-state index contributed by atoms with van der Waals surface area (Å²) in [4.78, 5) is 17.1. The van der Waals surface area contributed by atoms with Gasteiger partial charge in [0.05, 0.1) is 23.6 Å². The zero-order valence-electron chi connectivity index (χ0n) is 15.3. The first-order chi connectivity index (χ1) is 13.4. The number of nitrogens with zero attached hydrogens (tertiary/aromatic N) is 1. The standard InChI is InChI=1S/C20H21N3O3S2/c1-13(14-6-3-2-4-7-14)21-19(24)15-8-5-9-16(10-15)22-20-23-17-11-28(25,26)12-18(17)27-20/h2-10,13,17-18H,11-12H2,1H3,(H,21,24)(H,22,23)/t13-,17+,18-/m0/s1. The van der Waals surface area contributed by atoms with Crippen LogP contribution in [-0.4, -0.2) is 42.3 Å². The summed E-state index contributed by atoms with van der Waals surface area (Å²) in [5, 5.41) is 6.92. The molecule has 4 rings (SSSR count). The van der Waals surface area contributed by atoms with Gasteiger partial charge in [-0.1, -0.05) is 48.2 Å². The minimum Gasteiger partial charge on any atom is -0.346 e. The molecule has 2 N–H and O–H groups in total. The van der Waals surface area contributed by atoms with Crippen LogP contribution in [0.25, 0.3) is 0 Å². The molecule has 0 aromatic heterocycles. The molecule has 0 bridgehead atoms. The summed E-state index contributed by atoms with van der Waals surface area (Å²) in [7, 11) is -2.96. The summed E-state index contributed by atoms with van der Waals surface area (Å²) >= 11 is 1.46. The molecule has 2 aromatic carbocycles. The van der Waals surface area contributed by atoms with Gasteiger partial charge in [-0.3, -0.25) is 9.79 Å². The maximum Gasteiger partial charge on any atom is 0.251 e. The van der Waals surface area contributed by atoms with Gasteiger partial charge in [0.1, 0.15) is 0 Å². The summed E-state index contributed by atoms with van der Waals surface area (Å²) in [6.07, 6.45) is 0. The highest BCUT2D eigenvalue weighted by Gasteiger charge is 2.42. The van der Waals surface area contributed by atoms with E-state index in [2.05, 4.69) is 15.6 Å². The lowest BCUT2D eigenvalue weighted by molar-refractivity contribution is 0.0940. The lowest BCUT2D eigenvalue weighted by Crippen LogP contribution is -2.26. The molecule has 3 atom stereocenters. The van der Waals surface area contributed by atoms with Crippen molar-refractivity contribution in [2.24, 2.45) is 4.99 Å². The van der Waals surface area contributed by atoms with Crippen LogP contribution in [0.3, 0.4) is 0 Å². The average Bonchev–Trinajstić information content (AvgIpc) is 3.15. The molecule has 2 aliphatic heterocycles. The smallest absolute Gasteiger partial charge is 0.251 e. The SMILES string of the molecule is C[C@H](NC(=O)c1cccc(NC2=N[C@@H]3CS(=O)(=O)C[C@@H]3S2)c1)c1ccccc1. The van der Waals surface area contributed by atoms with Gasteiger partial charge in [-0.2, -0.15) is 0 Å². The first-order valence-electron chi connectivity index (χ1n) is 9.07. The number of amides is 1. The molecule has 6 nitrogen and oxygen atoms in total. The Morgan fingerprint density at radius 1 is 1.14 bits per heavy atom. The first kappa shape index (κ1) is 19.0. The lowest BCUT2D eigenvalue weighted by atomic mass is 10.1. The zero-order valence-corrected chi connectivity index (χ0v) is 17.0. The van der Waals surface area contributed by atoms with Crippen LogP contribution in [0.15, 0.2) is 59.6 Å². The van der Waals surface area contributed by atoms with E-state index < -0.39 is 9.84 Å². The minimum absolute atomic E-state index is 0.00861. The van der Waals surface area contributed by atoms with Crippen molar-refractivity contribution in [2.75, 3.05) is 16.8 Å². The van der Waals surface area contributed by atoms with Gasteiger partial charge in [0.2, 0.25) is 0 Å². The molecule has 2 aliphatic rings. The van der Waals surface area contributed by atoms with E-state index in [0.29, 0.717) is 10.7 Å². The number of thioether (sulfide) groups is 1. The number of aliphatic imine (C=N–C) groups is 1. The van der Waals surface area contributed by atoms with Crippen LogP contribution in [0.1, 0.15) is 28.9 Å². The van der Waals surface area contributed by atoms with Crippen LogP contribution in [0.2, 0.25) is 0 Å². The number of rotatable bonds is 4. The van der Waals surface area contributed by atoms with Crippen molar-refractivity contribution in [3.05, 3.63) is 65.7 Å². The van der Waals surface area contributed by atoms with Gasteiger partial charge >= 0.3 is 0 Å². The predicted molar refractivity (Wildman–Crippen MR) is 114 cm³/mol. The number of carbonyl (C=O) groups is 1. The molecule has 0 radical (unpaired) electrons. The van der Waals surface area contributed by atoms with Gasteiger partial charge in [-0.05, 0) is 30.7 Å². The van der Waals surface area contributed by atoms with Crippen molar-refractivity contribution in [1.82, 2.24) is 5.32 Å². The third-order valence-electron chi connectivity index (χ3n) is 4.84. The van der Waals surface area contributed by atoms with Crippen LogP contribution in [-0.2, 0) is 9.84 Å². The van der Waals surface area contributed by atoms with Crippen molar-refractivity contribution in [3.8, 4) is 0 Å². The molecule has 1 fully saturated rings. The van der Waals surface area contributed by atoms with Crippen LogP contribution < -0.4 is 10.6 Å². The average molecular weight is 416 g/mol. The number of amidine groups is 1. The summed E-state index contributed by atoms with van der Waals surface area (Å²) in [6.45, 7) is 1.95. The Morgan fingerprint density at radius 2 is 1.93 bits per heavy atom. The molecule has 1 saturated heterocycles. The highest BCUT2D eigenvalue weighted by Crippen LogP contribution is 2.34. The fourth-order valence-electron chi connectivity index (χ4n) is 3.38. The summed E-state index contributed by atoms with van der Waals surface area (Å²) < 4.78 is 23.3. The minimum atomic E-state index is -2.96. The number of hydrogen-bond acceptors (Lipinski definition) is 6. The van der Waals surface area contributed by atoms with E-state index in [1.54, 1.807) is 12.1 Å². The Balaban J connectivity index is 1.41. The Morgan fingerprint density at radius 3 is 2.68 bits per heavy atom. The van der Waals surface area contributed by atoms with E-state index >= 15 is 0 Å². The summed E-state index contributed by atoms with van der Waals surface area (Å²) in [5.74, 6) is 0.149. The van der Waals surface area contributed by atoms with Crippen molar-refractivity contribution in [2.45, 2.75) is 24.3 Å². The van der Waals surface area contributed by atoms with Crippen LogP contribution in [0.5, 0.6) is 0 Å². The van der Waals surface area contributed by atoms with E-state index in [1.165, 1.54) is 11.8 Å². The molecule has 2 heterocycles. The maximum absolute atomic E-state index is 12.6. The molecule has 0 aliphatic carbocycles. The molecule has 2 aromatic rings. The van der Waals surface area contributed by atoms with Gasteiger partial charge in [-0.15, -0.1) is 0 Å². The Hall–Kier alpha value is -2.32. The highest BCUT2D eigenvalue weighted by molar-refractivity contribution is 8.15. The number of anilines is 1.